The molecular formula is C19H19ClN2O2S. The number of thioether (sulfide) groups is 1. The number of para-hydroxylation sites is 1. The van der Waals surface area contributed by atoms with Gasteiger partial charge in [0.25, 0.3) is 0 Å². The van der Waals surface area contributed by atoms with Crippen LogP contribution in [0.15, 0.2) is 48.5 Å². The summed E-state index contributed by atoms with van der Waals surface area (Å²) >= 11 is 7.19. The Morgan fingerprint density at radius 2 is 1.96 bits per heavy atom. The van der Waals surface area contributed by atoms with Crippen molar-refractivity contribution >= 4 is 46.6 Å². The lowest BCUT2D eigenvalue weighted by Crippen LogP contribution is -2.28. The van der Waals surface area contributed by atoms with Crippen LogP contribution < -0.4 is 10.2 Å². The van der Waals surface area contributed by atoms with E-state index >= 15 is 0 Å². The van der Waals surface area contributed by atoms with Crippen LogP contribution in [0.4, 0.5) is 11.4 Å². The van der Waals surface area contributed by atoms with E-state index in [-0.39, 0.29) is 23.6 Å². The minimum Gasteiger partial charge on any atom is -0.326 e. The van der Waals surface area contributed by atoms with Gasteiger partial charge >= 0.3 is 0 Å². The van der Waals surface area contributed by atoms with Crippen LogP contribution in [0.2, 0.25) is 0 Å². The van der Waals surface area contributed by atoms with Crippen LogP contribution in [0.25, 0.3) is 0 Å². The summed E-state index contributed by atoms with van der Waals surface area (Å²) in [6.45, 7) is 2.01. The number of hydrogen-bond acceptors (Lipinski definition) is 3. The summed E-state index contributed by atoms with van der Waals surface area (Å²) in [7, 11) is 0. The maximum Gasteiger partial charge on any atom is 0.238 e. The highest BCUT2D eigenvalue weighted by molar-refractivity contribution is 8.00. The Morgan fingerprint density at radius 3 is 2.64 bits per heavy atom. The van der Waals surface area contributed by atoms with E-state index in [2.05, 4.69) is 5.32 Å². The summed E-state index contributed by atoms with van der Waals surface area (Å²) in [6, 6.07) is 15.5. The van der Waals surface area contributed by atoms with Crippen LogP contribution in [-0.2, 0) is 9.59 Å². The molecule has 1 N–H and O–H groups in total. The first kappa shape index (κ1) is 17.8. The number of amides is 2. The smallest absolute Gasteiger partial charge is 0.238 e. The third-order valence-corrected chi connectivity index (χ3v) is 5.45. The fourth-order valence-corrected chi connectivity index (χ4v) is 4.15. The number of benzene rings is 2. The van der Waals surface area contributed by atoms with Crippen LogP contribution in [0.1, 0.15) is 22.9 Å². The van der Waals surface area contributed by atoms with Crippen molar-refractivity contribution in [2.24, 2.45) is 0 Å². The summed E-state index contributed by atoms with van der Waals surface area (Å²) in [5.41, 5.74) is 3.79. The predicted molar refractivity (Wildman–Crippen MR) is 104 cm³/mol. The Morgan fingerprint density at radius 1 is 1.24 bits per heavy atom. The fraction of sp³-hybridized carbons (Fsp3) is 0.263. The van der Waals surface area contributed by atoms with E-state index in [1.165, 1.54) is 0 Å². The van der Waals surface area contributed by atoms with Crippen LogP contribution >= 0.6 is 23.4 Å². The molecule has 6 heteroatoms. The number of rotatable bonds is 5. The number of hydrogen-bond donors (Lipinski definition) is 1. The second kappa shape index (κ2) is 7.93. The summed E-state index contributed by atoms with van der Waals surface area (Å²) < 4.78 is 0. The highest BCUT2D eigenvalue weighted by Crippen LogP contribution is 2.42. The predicted octanol–water partition coefficient (Wildman–Crippen LogP) is 4.34. The van der Waals surface area contributed by atoms with E-state index in [0.29, 0.717) is 11.6 Å². The van der Waals surface area contributed by atoms with Gasteiger partial charge in [-0.15, -0.1) is 23.4 Å². The molecule has 1 fully saturated rings. The van der Waals surface area contributed by atoms with Gasteiger partial charge in [0, 0.05) is 23.7 Å². The summed E-state index contributed by atoms with van der Waals surface area (Å²) in [4.78, 5) is 25.9. The third-order valence-electron chi connectivity index (χ3n) is 4.04. The summed E-state index contributed by atoms with van der Waals surface area (Å²) in [5, 5.41) is 2.76. The highest BCUT2D eigenvalue weighted by Gasteiger charge is 2.34. The molecule has 0 aromatic heterocycles. The zero-order valence-corrected chi connectivity index (χ0v) is 15.4. The molecule has 0 spiro atoms. The number of anilines is 2. The van der Waals surface area contributed by atoms with Gasteiger partial charge in [-0.25, -0.2) is 0 Å². The summed E-state index contributed by atoms with van der Waals surface area (Å²) in [6.07, 6.45) is 0.289. The topological polar surface area (TPSA) is 49.4 Å². The van der Waals surface area contributed by atoms with Crippen molar-refractivity contribution in [3.05, 3.63) is 59.7 Å². The molecule has 2 amide bonds. The lowest BCUT2D eigenvalue weighted by Gasteiger charge is -2.26. The van der Waals surface area contributed by atoms with Crippen molar-refractivity contribution in [1.82, 2.24) is 0 Å². The zero-order valence-electron chi connectivity index (χ0n) is 13.9. The molecule has 2 aromatic carbocycles. The average molecular weight is 375 g/mol. The number of carbonyl (C=O) groups is 2. The maximum absolute atomic E-state index is 12.4. The van der Waals surface area contributed by atoms with E-state index in [4.69, 9.17) is 11.6 Å². The summed E-state index contributed by atoms with van der Waals surface area (Å²) in [5.74, 6) is 0.780. The van der Waals surface area contributed by atoms with Crippen LogP contribution in [-0.4, -0.2) is 23.4 Å². The first-order valence-corrected chi connectivity index (χ1v) is 9.63. The van der Waals surface area contributed by atoms with E-state index in [1.807, 2.05) is 60.4 Å². The van der Waals surface area contributed by atoms with Crippen molar-refractivity contribution in [3.63, 3.8) is 0 Å². The second-order valence-corrected chi connectivity index (χ2v) is 7.27. The number of carbonyl (C=O) groups excluding carboxylic acids is 2. The van der Waals surface area contributed by atoms with Gasteiger partial charge in [-0.3, -0.25) is 14.5 Å². The Hall–Kier alpha value is -1.98. The first-order valence-electron chi connectivity index (χ1n) is 8.05. The molecule has 25 heavy (non-hydrogen) atoms. The fourth-order valence-electron chi connectivity index (χ4n) is 2.81. The van der Waals surface area contributed by atoms with E-state index in [1.54, 1.807) is 11.8 Å². The molecule has 0 aliphatic carbocycles. The molecule has 0 saturated carbocycles. The van der Waals surface area contributed by atoms with Gasteiger partial charge in [0.15, 0.2) is 0 Å². The molecule has 1 aliphatic rings. The Balaban J connectivity index is 1.82. The van der Waals surface area contributed by atoms with Gasteiger partial charge in [-0.05, 0) is 36.2 Å². The van der Waals surface area contributed by atoms with Gasteiger partial charge in [-0.1, -0.05) is 30.3 Å². The lowest BCUT2D eigenvalue weighted by molar-refractivity contribution is -0.116. The van der Waals surface area contributed by atoms with Crippen molar-refractivity contribution in [1.29, 1.82) is 0 Å². The Kier molecular flexibility index (Phi) is 5.66. The van der Waals surface area contributed by atoms with Crippen molar-refractivity contribution < 1.29 is 9.59 Å². The first-order chi connectivity index (χ1) is 12.1. The molecule has 1 heterocycles. The third kappa shape index (κ3) is 3.99. The second-order valence-electron chi connectivity index (χ2n) is 5.82. The molecule has 4 nitrogen and oxygen atoms in total. The zero-order chi connectivity index (χ0) is 17.8. The molecule has 1 aliphatic heterocycles. The molecule has 1 saturated heterocycles. The molecule has 2 aromatic rings. The van der Waals surface area contributed by atoms with Gasteiger partial charge < -0.3 is 5.32 Å². The number of aryl methyl sites for hydroxylation is 1. The molecule has 0 radical (unpaired) electrons. The molecule has 1 unspecified atom stereocenters. The monoisotopic (exact) mass is 374 g/mol. The van der Waals surface area contributed by atoms with Gasteiger partial charge in [0.05, 0.1) is 5.75 Å². The molecule has 3 rings (SSSR count). The van der Waals surface area contributed by atoms with E-state index in [0.717, 1.165) is 22.5 Å². The highest BCUT2D eigenvalue weighted by atomic mass is 35.5. The van der Waals surface area contributed by atoms with Gasteiger partial charge in [0.1, 0.15) is 5.37 Å². The number of halogens is 1. The number of nitrogens with zero attached hydrogens (tertiary/aromatic N) is 1. The van der Waals surface area contributed by atoms with Crippen LogP contribution in [0, 0.1) is 6.92 Å². The van der Waals surface area contributed by atoms with Gasteiger partial charge in [0.2, 0.25) is 11.8 Å². The van der Waals surface area contributed by atoms with Crippen LogP contribution in [0.5, 0.6) is 0 Å². The van der Waals surface area contributed by atoms with Crippen LogP contribution in [0.3, 0.4) is 0 Å². The Labute approximate surface area is 156 Å². The van der Waals surface area contributed by atoms with Crippen molar-refractivity contribution in [2.75, 3.05) is 21.8 Å². The molecule has 130 valence electrons. The molecular weight excluding hydrogens is 356 g/mol. The van der Waals surface area contributed by atoms with Gasteiger partial charge in [-0.2, -0.15) is 0 Å². The quantitative estimate of drug-likeness (QED) is 0.792. The number of alkyl halides is 1. The maximum atomic E-state index is 12.4. The SMILES string of the molecule is Cc1ccccc1N1C(=O)CSC1c1ccc(NC(=O)CCCl)cc1. The minimum atomic E-state index is -0.102. The van der Waals surface area contributed by atoms with Crippen molar-refractivity contribution in [3.8, 4) is 0 Å². The number of nitrogens with one attached hydrogen (secondary N) is 1. The average Bonchev–Trinajstić information content (AvgIpc) is 2.98. The molecule has 1 atom stereocenters. The Bertz CT molecular complexity index is 779. The van der Waals surface area contributed by atoms with E-state index in [9.17, 15) is 9.59 Å². The minimum absolute atomic E-state index is 0.0545. The van der Waals surface area contributed by atoms with E-state index < -0.39 is 0 Å². The standard InChI is InChI=1S/C19H19ClN2O2S/c1-13-4-2-3-5-16(13)22-18(24)12-25-19(22)14-6-8-15(9-7-14)21-17(23)10-11-20/h2-9,19H,10-12H2,1H3,(H,21,23). The normalized spacial score (nSPS) is 17.0. The van der Waals surface area contributed by atoms with Crippen molar-refractivity contribution in [2.45, 2.75) is 18.7 Å². The molecule has 0 bridgehead atoms. The lowest BCUT2D eigenvalue weighted by atomic mass is 10.1. The largest absolute Gasteiger partial charge is 0.326 e.